The Bertz CT molecular complexity index is 727. The summed E-state index contributed by atoms with van der Waals surface area (Å²) in [6, 6.07) is 12.5. The molecular formula is C20H22Br2N2O2. The van der Waals surface area contributed by atoms with Gasteiger partial charge < -0.3 is 14.4 Å². The van der Waals surface area contributed by atoms with Gasteiger partial charge in [0, 0.05) is 28.6 Å². The molecule has 4 rings (SSSR count). The van der Waals surface area contributed by atoms with Crippen LogP contribution in [0.25, 0.3) is 0 Å². The van der Waals surface area contributed by atoms with Crippen molar-refractivity contribution >= 4 is 43.2 Å². The molecule has 2 aromatic carbocycles. The Labute approximate surface area is 171 Å². The molecule has 2 aliphatic heterocycles. The highest BCUT2D eigenvalue weighted by molar-refractivity contribution is 9.10. The van der Waals surface area contributed by atoms with Crippen LogP contribution in [-0.2, 0) is 4.74 Å². The number of unbranched alkanes of at least 4 members (excludes halogenated alkanes) is 1. The van der Waals surface area contributed by atoms with Gasteiger partial charge in [0.2, 0.25) is 0 Å². The molecule has 0 amide bonds. The van der Waals surface area contributed by atoms with E-state index in [4.69, 9.17) is 9.47 Å². The number of anilines is 2. The fraction of sp³-hybridized carbons (Fsp3) is 0.400. The summed E-state index contributed by atoms with van der Waals surface area (Å²) in [6.45, 7) is 5.99. The van der Waals surface area contributed by atoms with E-state index >= 15 is 0 Å². The van der Waals surface area contributed by atoms with E-state index in [1.807, 2.05) is 12.1 Å². The van der Waals surface area contributed by atoms with Crippen molar-refractivity contribution < 1.29 is 9.47 Å². The first-order valence-corrected chi connectivity index (χ1v) is 10.6. The van der Waals surface area contributed by atoms with Crippen LogP contribution in [0.4, 0.5) is 11.4 Å². The Morgan fingerprint density at radius 3 is 2.00 bits per heavy atom. The monoisotopic (exact) mass is 480 g/mol. The average molecular weight is 482 g/mol. The summed E-state index contributed by atoms with van der Waals surface area (Å²) in [6.07, 6.45) is 2.33. The van der Waals surface area contributed by atoms with Gasteiger partial charge in [-0.25, -0.2) is 0 Å². The van der Waals surface area contributed by atoms with Crippen molar-refractivity contribution in [2.45, 2.75) is 12.8 Å². The molecule has 0 unspecified atom stereocenters. The average Bonchev–Trinajstić information content (AvgIpc) is 2.64. The number of nitrogens with zero attached hydrogens (tertiary/aromatic N) is 2. The molecule has 2 aromatic rings. The normalized spacial score (nSPS) is 16.8. The number of hydrogen-bond donors (Lipinski definition) is 0. The molecule has 0 bridgehead atoms. The number of hydrogen-bond acceptors (Lipinski definition) is 4. The molecule has 1 fully saturated rings. The minimum Gasteiger partial charge on any atom is -0.453 e. The maximum absolute atomic E-state index is 6.15. The number of fused-ring (bicyclic) bond motifs is 2. The number of morpholine rings is 1. The third-order valence-electron chi connectivity index (χ3n) is 4.85. The summed E-state index contributed by atoms with van der Waals surface area (Å²) in [7, 11) is 0. The molecule has 0 atom stereocenters. The highest BCUT2D eigenvalue weighted by atomic mass is 79.9. The van der Waals surface area contributed by atoms with Gasteiger partial charge in [-0.1, -0.05) is 31.9 Å². The van der Waals surface area contributed by atoms with Gasteiger partial charge in [0.15, 0.2) is 11.5 Å². The molecule has 2 heterocycles. The standard InChI is InChI=1S/C20H22Br2N2O2/c21-15-3-5-17-19(13-15)26-20-14-16(22)4-6-18(20)24(17)8-2-1-7-23-9-11-25-12-10-23/h3-6,13-14H,1-2,7-12H2. The maximum Gasteiger partial charge on any atom is 0.152 e. The summed E-state index contributed by atoms with van der Waals surface area (Å²) in [4.78, 5) is 4.88. The van der Waals surface area contributed by atoms with Gasteiger partial charge in [-0.3, -0.25) is 4.90 Å². The lowest BCUT2D eigenvalue weighted by Crippen LogP contribution is -2.37. The first-order valence-electron chi connectivity index (χ1n) is 9.05. The van der Waals surface area contributed by atoms with Crippen LogP contribution in [0.2, 0.25) is 0 Å². The van der Waals surface area contributed by atoms with Gasteiger partial charge in [0.25, 0.3) is 0 Å². The summed E-state index contributed by atoms with van der Waals surface area (Å²) >= 11 is 7.10. The van der Waals surface area contributed by atoms with Crippen molar-refractivity contribution in [3.05, 3.63) is 45.3 Å². The Morgan fingerprint density at radius 1 is 0.808 bits per heavy atom. The second-order valence-corrected chi connectivity index (χ2v) is 8.47. The lowest BCUT2D eigenvalue weighted by molar-refractivity contribution is 0.0373. The molecule has 0 spiro atoms. The SMILES string of the molecule is Brc1ccc2c(c1)Oc1cc(Br)ccc1N2CCCCN1CCOCC1. The first-order chi connectivity index (χ1) is 12.7. The summed E-state index contributed by atoms with van der Waals surface area (Å²) in [5.41, 5.74) is 2.27. The molecule has 26 heavy (non-hydrogen) atoms. The zero-order chi connectivity index (χ0) is 17.9. The van der Waals surface area contributed by atoms with Gasteiger partial charge in [0.05, 0.1) is 24.6 Å². The zero-order valence-electron chi connectivity index (χ0n) is 14.6. The second kappa shape index (κ2) is 8.30. The molecule has 4 nitrogen and oxygen atoms in total. The number of rotatable bonds is 5. The van der Waals surface area contributed by atoms with Gasteiger partial charge in [0.1, 0.15) is 0 Å². The number of ether oxygens (including phenoxy) is 2. The molecule has 138 valence electrons. The Morgan fingerprint density at radius 2 is 1.38 bits per heavy atom. The Kier molecular flexibility index (Phi) is 5.84. The van der Waals surface area contributed by atoms with Crippen LogP contribution >= 0.6 is 31.9 Å². The van der Waals surface area contributed by atoms with Crippen LogP contribution in [-0.4, -0.2) is 44.3 Å². The van der Waals surface area contributed by atoms with Gasteiger partial charge >= 0.3 is 0 Å². The Balaban J connectivity index is 1.47. The van der Waals surface area contributed by atoms with Crippen molar-refractivity contribution in [1.29, 1.82) is 0 Å². The fourth-order valence-electron chi connectivity index (χ4n) is 3.50. The van der Waals surface area contributed by atoms with E-state index < -0.39 is 0 Å². The van der Waals surface area contributed by atoms with Crippen LogP contribution in [0, 0.1) is 0 Å². The van der Waals surface area contributed by atoms with Gasteiger partial charge in [-0.2, -0.15) is 0 Å². The predicted octanol–water partition coefficient (Wildman–Crippen LogP) is 5.57. The molecule has 0 aromatic heterocycles. The smallest absolute Gasteiger partial charge is 0.152 e. The molecular weight excluding hydrogens is 460 g/mol. The number of halogens is 2. The minimum absolute atomic E-state index is 0.869. The van der Waals surface area contributed by atoms with E-state index in [1.165, 1.54) is 6.42 Å². The summed E-state index contributed by atoms with van der Waals surface area (Å²) in [5, 5.41) is 0. The van der Waals surface area contributed by atoms with E-state index in [0.717, 1.165) is 77.6 Å². The van der Waals surface area contributed by atoms with E-state index in [2.05, 4.69) is 65.9 Å². The van der Waals surface area contributed by atoms with Gasteiger partial charge in [-0.05, 0) is 55.8 Å². The molecule has 0 N–H and O–H groups in total. The first kappa shape index (κ1) is 18.3. The molecule has 2 aliphatic rings. The van der Waals surface area contributed by atoms with Crippen LogP contribution < -0.4 is 9.64 Å². The zero-order valence-corrected chi connectivity index (χ0v) is 17.8. The van der Waals surface area contributed by atoms with E-state index in [1.54, 1.807) is 0 Å². The molecule has 0 aliphatic carbocycles. The van der Waals surface area contributed by atoms with Crippen molar-refractivity contribution in [3.63, 3.8) is 0 Å². The van der Waals surface area contributed by atoms with Crippen LogP contribution in [0.3, 0.4) is 0 Å². The predicted molar refractivity (Wildman–Crippen MR) is 112 cm³/mol. The molecule has 0 radical (unpaired) electrons. The van der Waals surface area contributed by atoms with Crippen molar-refractivity contribution in [1.82, 2.24) is 4.90 Å². The van der Waals surface area contributed by atoms with Crippen LogP contribution in [0.15, 0.2) is 45.3 Å². The lowest BCUT2D eigenvalue weighted by Gasteiger charge is -2.33. The number of benzene rings is 2. The molecule has 0 saturated carbocycles. The lowest BCUT2D eigenvalue weighted by atomic mass is 10.1. The molecule has 6 heteroatoms. The van der Waals surface area contributed by atoms with E-state index in [9.17, 15) is 0 Å². The highest BCUT2D eigenvalue weighted by Crippen LogP contribution is 2.48. The van der Waals surface area contributed by atoms with Crippen LogP contribution in [0.1, 0.15) is 12.8 Å². The van der Waals surface area contributed by atoms with Gasteiger partial charge in [-0.15, -0.1) is 0 Å². The fourth-order valence-corrected chi connectivity index (χ4v) is 4.18. The third-order valence-corrected chi connectivity index (χ3v) is 5.84. The van der Waals surface area contributed by atoms with Crippen molar-refractivity contribution in [2.75, 3.05) is 44.3 Å². The highest BCUT2D eigenvalue weighted by Gasteiger charge is 2.24. The quantitative estimate of drug-likeness (QED) is 0.521. The summed E-state index contributed by atoms with van der Waals surface area (Å²) in [5.74, 6) is 1.80. The second-order valence-electron chi connectivity index (χ2n) is 6.64. The third kappa shape index (κ3) is 4.09. The van der Waals surface area contributed by atoms with Crippen molar-refractivity contribution in [2.24, 2.45) is 0 Å². The summed E-state index contributed by atoms with van der Waals surface area (Å²) < 4.78 is 13.6. The minimum atomic E-state index is 0.869. The topological polar surface area (TPSA) is 24.9 Å². The van der Waals surface area contributed by atoms with E-state index in [-0.39, 0.29) is 0 Å². The maximum atomic E-state index is 6.15. The largest absolute Gasteiger partial charge is 0.453 e. The van der Waals surface area contributed by atoms with E-state index in [0.29, 0.717) is 0 Å². The van der Waals surface area contributed by atoms with Crippen molar-refractivity contribution in [3.8, 4) is 11.5 Å². The van der Waals surface area contributed by atoms with Crippen LogP contribution in [0.5, 0.6) is 11.5 Å². The Hall–Kier alpha value is -1.08. The molecule has 1 saturated heterocycles.